The van der Waals surface area contributed by atoms with E-state index in [1.54, 1.807) is 13.2 Å². The van der Waals surface area contributed by atoms with Gasteiger partial charge < -0.3 is 25.3 Å². The fourth-order valence-electron chi connectivity index (χ4n) is 2.37. The van der Waals surface area contributed by atoms with Crippen molar-refractivity contribution < 1.29 is 24.3 Å². The molecule has 1 aliphatic heterocycles. The van der Waals surface area contributed by atoms with Crippen molar-refractivity contribution in [1.82, 2.24) is 0 Å². The number of amides is 1. The third kappa shape index (κ3) is 4.91. The molecule has 1 aliphatic rings. The Balaban J connectivity index is 1.86. The summed E-state index contributed by atoms with van der Waals surface area (Å²) < 4.78 is 16.2. The van der Waals surface area contributed by atoms with Crippen LogP contribution in [0.4, 0.5) is 0 Å². The van der Waals surface area contributed by atoms with Crippen LogP contribution in [0.15, 0.2) is 18.2 Å². The van der Waals surface area contributed by atoms with Gasteiger partial charge in [0.25, 0.3) is 5.91 Å². The molecule has 0 saturated carbocycles. The molecule has 1 fully saturated rings. The number of benzene rings is 1. The molecule has 0 aromatic heterocycles. The summed E-state index contributed by atoms with van der Waals surface area (Å²) >= 11 is 0. The SMILES string of the molecule is COc1cc(C[NH2+]C[C@@H]2CCCO2)ccc1OCC(N)=O. The zero-order valence-corrected chi connectivity index (χ0v) is 12.3. The summed E-state index contributed by atoms with van der Waals surface area (Å²) in [7, 11) is 1.58. The van der Waals surface area contributed by atoms with Crippen molar-refractivity contribution in [3.8, 4) is 11.5 Å². The number of methoxy groups -OCH3 is 1. The average molecular weight is 295 g/mol. The molecule has 1 heterocycles. The molecule has 1 amide bonds. The maximum Gasteiger partial charge on any atom is 0.255 e. The van der Waals surface area contributed by atoms with Crippen LogP contribution in [0.3, 0.4) is 0 Å². The van der Waals surface area contributed by atoms with Crippen LogP contribution in [0.5, 0.6) is 11.5 Å². The van der Waals surface area contributed by atoms with E-state index < -0.39 is 5.91 Å². The molecule has 21 heavy (non-hydrogen) atoms. The molecule has 1 aromatic rings. The maximum atomic E-state index is 10.7. The quantitative estimate of drug-likeness (QED) is 0.695. The normalized spacial score (nSPS) is 17.7. The van der Waals surface area contributed by atoms with Gasteiger partial charge in [-0.15, -0.1) is 0 Å². The van der Waals surface area contributed by atoms with E-state index in [1.165, 1.54) is 0 Å². The Morgan fingerprint density at radius 2 is 2.33 bits per heavy atom. The van der Waals surface area contributed by atoms with Crippen LogP contribution in [0.1, 0.15) is 18.4 Å². The van der Waals surface area contributed by atoms with E-state index in [0.29, 0.717) is 17.6 Å². The molecule has 4 N–H and O–H groups in total. The molecule has 1 aromatic carbocycles. The second-order valence-corrected chi connectivity index (χ2v) is 5.10. The Labute approximate surface area is 124 Å². The van der Waals surface area contributed by atoms with Crippen LogP contribution in [0, 0.1) is 0 Å². The van der Waals surface area contributed by atoms with Crippen LogP contribution in [-0.2, 0) is 16.1 Å². The number of hydrogen-bond acceptors (Lipinski definition) is 4. The monoisotopic (exact) mass is 295 g/mol. The molecule has 1 saturated heterocycles. The molecule has 0 aliphatic carbocycles. The summed E-state index contributed by atoms with van der Waals surface area (Å²) in [5.41, 5.74) is 6.20. The second kappa shape index (κ2) is 7.85. The molecular formula is C15H23N2O4+. The summed E-state index contributed by atoms with van der Waals surface area (Å²) in [5.74, 6) is 0.629. The van der Waals surface area contributed by atoms with Crippen molar-refractivity contribution in [1.29, 1.82) is 0 Å². The molecule has 116 valence electrons. The number of carbonyl (C=O) groups is 1. The lowest BCUT2D eigenvalue weighted by atomic mass is 10.2. The highest BCUT2D eigenvalue weighted by atomic mass is 16.5. The first-order valence-corrected chi connectivity index (χ1v) is 7.20. The van der Waals surface area contributed by atoms with Gasteiger partial charge >= 0.3 is 0 Å². The Kier molecular flexibility index (Phi) is 5.83. The van der Waals surface area contributed by atoms with Crippen LogP contribution < -0.4 is 20.5 Å². The summed E-state index contributed by atoms with van der Waals surface area (Å²) in [4.78, 5) is 10.7. The van der Waals surface area contributed by atoms with Crippen LogP contribution in [0.25, 0.3) is 0 Å². The van der Waals surface area contributed by atoms with Crippen molar-refractivity contribution in [3.63, 3.8) is 0 Å². The Morgan fingerprint density at radius 1 is 1.48 bits per heavy atom. The highest BCUT2D eigenvalue weighted by Crippen LogP contribution is 2.27. The topological polar surface area (TPSA) is 87.4 Å². The first-order chi connectivity index (χ1) is 10.2. The van der Waals surface area contributed by atoms with Gasteiger partial charge in [0, 0.05) is 12.2 Å². The first kappa shape index (κ1) is 15.6. The van der Waals surface area contributed by atoms with Gasteiger partial charge in [0.15, 0.2) is 18.1 Å². The molecule has 6 heteroatoms. The molecule has 0 unspecified atom stereocenters. The largest absolute Gasteiger partial charge is 0.493 e. The van der Waals surface area contributed by atoms with E-state index >= 15 is 0 Å². The first-order valence-electron chi connectivity index (χ1n) is 7.20. The standard InChI is InChI=1S/C15H22N2O4/c1-19-14-7-11(4-5-13(14)21-10-15(16)18)8-17-9-12-3-2-6-20-12/h4-5,7,12,17H,2-3,6,8-10H2,1H3,(H2,16,18)/p+1/t12-/m0/s1. The number of carbonyl (C=O) groups excluding carboxylic acids is 1. The van der Waals surface area contributed by atoms with Crippen molar-refractivity contribution in [2.75, 3.05) is 26.9 Å². The summed E-state index contributed by atoms with van der Waals surface area (Å²) in [5, 5.41) is 2.23. The van der Waals surface area contributed by atoms with Crippen LogP contribution in [0.2, 0.25) is 0 Å². The minimum atomic E-state index is -0.508. The molecule has 6 nitrogen and oxygen atoms in total. The van der Waals surface area contributed by atoms with Crippen LogP contribution in [-0.4, -0.2) is 38.9 Å². The number of rotatable bonds is 8. The molecule has 1 atom stereocenters. The van der Waals surface area contributed by atoms with Gasteiger partial charge in [-0.3, -0.25) is 4.79 Å². The summed E-state index contributed by atoms with van der Waals surface area (Å²) in [6.07, 6.45) is 2.70. The average Bonchev–Trinajstić information content (AvgIpc) is 2.98. The highest BCUT2D eigenvalue weighted by Gasteiger charge is 2.17. The number of hydrogen-bond donors (Lipinski definition) is 2. The predicted octanol–water partition coefficient (Wildman–Crippen LogP) is -0.198. The minimum Gasteiger partial charge on any atom is -0.493 e. The Bertz CT molecular complexity index is 473. The fraction of sp³-hybridized carbons (Fsp3) is 0.533. The fourth-order valence-corrected chi connectivity index (χ4v) is 2.37. The van der Waals surface area contributed by atoms with Gasteiger partial charge in [-0.2, -0.15) is 0 Å². The van der Waals surface area contributed by atoms with Gasteiger partial charge in [0.2, 0.25) is 0 Å². The third-order valence-electron chi connectivity index (χ3n) is 3.43. The van der Waals surface area contributed by atoms with Crippen LogP contribution >= 0.6 is 0 Å². The van der Waals surface area contributed by atoms with Crippen molar-refractivity contribution in [3.05, 3.63) is 23.8 Å². The van der Waals surface area contributed by atoms with Gasteiger partial charge in [-0.1, -0.05) is 0 Å². The lowest BCUT2D eigenvalue weighted by molar-refractivity contribution is -0.676. The van der Waals surface area contributed by atoms with Crippen molar-refractivity contribution in [2.45, 2.75) is 25.5 Å². The lowest BCUT2D eigenvalue weighted by Gasteiger charge is -2.12. The molecule has 0 bridgehead atoms. The van der Waals surface area contributed by atoms with E-state index in [1.807, 2.05) is 12.1 Å². The number of primary amides is 1. The van der Waals surface area contributed by atoms with Gasteiger partial charge in [-0.05, 0) is 31.0 Å². The number of nitrogens with two attached hydrogens (primary N) is 2. The summed E-state index contributed by atoms with van der Waals surface area (Å²) in [6.45, 7) is 2.56. The van der Waals surface area contributed by atoms with E-state index in [0.717, 1.165) is 38.1 Å². The van der Waals surface area contributed by atoms with E-state index in [-0.39, 0.29) is 6.61 Å². The predicted molar refractivity (Wildman–Crippen MR) is 77.2 cm³/mol. The Hall–Kier alpha value is -1.79. The smallest absolute Gasteiger partial charge is 0.255 e. The lowest BCUT2D eigenvalue weighted by Crippen LogP contribution is -2.84. The van der Waals surface area contributed by atoms with Gasteiger partial charge in [0.05, 0.1) is 7.11 Å². The second-order valence-electron chi connectivity index (χ2n) is 5.10. The molecule has 0 spiro atoms. The van der Waals surface area contributed by atoms with Crippen molar-refractivity contribution >= 4 is 5.91 Å². The maximum absolute atomic E-state index is 10.7. The molecular weight excluding hydrogens is 272 g/mol. The summed E-state index contributed by atoms with van der Waals surface area (Å²) in [6, 6.07) is 5.68. The molecule has 2 rings (SSSR count). The van der Waals surface area contributed by atoms with Gasteiger partial charge in [-0.25, -0.2) is 0 Å². The van der Waals surface area contributed by atoms with Gasteiger partial charge in [0.1, 0.15) is 19.2 Å². The van der Waals surface area contributed by atoms with Crippen molar-refractivity contribution in [2.24, 2.45) is 5.73 Å². The van der Waals surface area contributed by atoms with E-state index in [2.05, 4.69) is 5.32 Å². The van der Waals surface area contributed by atoms with E-state index in [9.17, 15) is 4.79 Å². The number of ether oxygens (including phenoxy) is 3. The highest BCUT2D eigenvalue weighted by molar-refractivity contribution is 5.75. The Morgan fingerprint density at radius 3 is 3.00 bits per heavy atom. The number of quaternary nitrogens is 1. The zero-order chi connectivity index (χ0) is 15.1. The zero-order valence-electron chi connectivity index (χ0n) is 12.3. The molecule has 0 radical (unpaired) electrons. The minimum absolute atomic E-state index is 0.152. The van der Waals surface area contributed by atoms with E-state index in [4.69, 9.17) is 19.9 Å². The third-order valence-corrected chi connectivity index (χ3v) is 3.43.